The van der Waals surface area contributed by atoms with Crippen molar-refractivity contribution in [3.05, 3.63) is 0 Å². The molecule has 1 rings (SSSR count). The Morgan fingerprint density at radius 2 is 1.69 bits per heavy atom. The molecule has 0 aliphatic heterocycles. The average molecular weight is 179 g/mol. The molecular weight excluding hydrogens is 162 g/mol. The lowest BCUT2D eigenvalue weighted by Gasteiger charge is -2.17. The molecule has 72 valence electrons. The molecule has 1 aliphatic carbocycles. The SMILES string of the molecule is CC(C)(C)/N=N/C(C)(C#N)C1CC1. The van der Waals surface area contributed by atoms with Gasteiger partial charge < -0.3 is 0 Å². The van der Waals surface area contributed by atoms with Crippen LogP contribution in [0, 0.1) is 17.2 Å². The normalized spacial score (nSPS) is 22.7. The van der Waals surface area contributed by atoms with Crippen LogP contribution in [-0.4, -0.2) is 11.1 Å². The van der Waals surface area contributed by atoms with Crippen LogP contribution in [0.25, 0.3) is 0 Å². The molecule has 0 spiro atoms. The summed E-state index contributed by atoms with van der Waals surface area (Å²) in [6.45, 7) is 7.84. The molecule has 0 N–H and O–H groups in total. The minimum absolute atomic E-state index is 0.174. The van der Waals surface area contributed by atoms with Gasteiger partial charge in [-0.15, -0.1) is 0 Å². The molecule has 1 aliphatic rings. The van der Waals surface area contributed by atoms with Gasteiger partial charge >= 0.3 is 0 Å². The highest BCUT2D eigenvalue weighted by Gasteiger charge is 2.42. The van der Waals surface area contributed by atoms with Gasteiger partial charge in [0, 0.05) is 0 Å². The maximum atomic E-state index is 8.99. The summed E-state index contributed by atoms with van der Waals surface area (Å²) >= 11 is 0. The van der Waals surface area contributed by atoms with Crippen LogP contribution >= 0.6 is 0 Å². The van der Waals surface area contributed by atoms with E-state index < -0.39 is 5.54 Å². The van der Waals surface area contributed by atoms with E-state index in [9.17, 15) is 0 Å². The van der Waals surface area contributed by atoms with Gasteiger partial charge in [-0.25, -0.2) is 0 Å². The Morgan fingerprint density at radius 3 is 2.00 bits per heavy atom. The zero-order valence-corrected chi connectivity index (χ0v) is 8.83. The van der Waals surface area contributed by atoms with Gasteiger partial charge in [-0.2, -0.15) is 15.5 Å². The lowest BCUT2D eigenvalue weighted by atomic mass is 10.00. The maximum absolute atomic E-state index is 8.99. The summed E-state index contributed by atoms with van der Waals surface area (Å²) in [7, 11) is 0. The molecule has 0 heterocycles. The van der Waals surface area contributed by atoms with E-state index in [2.05, 4.69) is 16.3 Å². The molecule has 0 saturated heterocycles. The summed E-state index contributed by atoms with van der Waals surface area (Å²) in [4.78, 5) is 0. The smallest absolute Gasteiger partial charge is 0.167 e. The van der Waals surface area contributed by atoms with Crippen LogP contribution in [0.4, 0.5) is 0 Å². The van der Waals surface area contributed by atoms with E-state index >= 15 is 0 Å². The van der Waals surface area contributed by atoms with E-state index in [-0.39, 0.29) is 5.54 Å². The first kappa shape index (κ1) is 10.2. The highest BCUT2D eigenvalue weighted by molar-refractivity contribution is 5.12. The van der Waals surface area contributed by atoms with Crippen molar-refractivity contribution in [3.8, 4) is 6.07 Å². The maximum Gasteiger partial charge on any atom is 0.167 e. The van der Waals surface area contributed by atoms with E-state index in [1.54, 1.807) is 0 Å². The fourth-order valence-corrected chi connectivity index (χ4v) is 1.09. The van der Waals surface area contributed by atoms with Gasteiger partial charge in [0.1, 0.15) is 0 Å². The summed E-state index contributed by atoms with van der Waals surface area (Å²) in [6, 6.07) is 2.25. The fraction of sp³-hybridized carbons (Fsp3) is 0.900. The molecule has 0 radical (unpaired) electrons. The molecule has 0 aromatic carbocycles. The molecule has 0 bridgehead atoms. The number of nitrogens with zero attached hydrogens (tertiary/aromatic N) is 3. The van der Waals surface area contributed by atoms with Crippen LogP contribution in [0.1, 0.15) is 40.5 Å². The van der Waals surface area contributed by atoms with Gasteiger partial charge in [0.25, 0.3) is 0 Å². The summed E-state index contributed by atoms with van der Waals surface area (Å²) < 4.78 is 0. The van der Waals surface area contributed by atoms with E-state index in [1.807, 2.05) is 27.7 Å². The Morgan fingerprint density at radius 1 is 1.15 bits per heavy atom. The topological polar surface area (TPSA) is 48.5 Å². The molecule has 3 nitrogen and oxygen atoms in total. The molecule has 0 amide bonds. The van der Waals surface area contributed by atoms with Gasteiger partial charge in [-0.3, -0.25) is 0 Å². The van der Waals surface area contributed by atoms with Gasteiger partial charge in [-0.1, -0.05) is 0 Å². The Labute approximate surface area is 79.9 Å². The van der Waals surface area contributed by atoms with Crippen molar-refractivity contribution in [2.24, 2.45) is 16.1 Å². The standard InChI is InChI=1S/C10H17N3/c1-9(2,3)12-13-10(4,7-11)8-5-6-8/h8H,5-6H2,1-4H3/b13-12+. The third-order valence-electron chi connectivity index (χ3n) is 2.16. The lowest BCUT2D eigenvalue weighted by Crippen LogP contribution is -2.23. The second-order valence-electron chi connectivity index (χ2n) is 4.90. The summed E-state index contributed by atoms with van der Waals surface area (Å²) in [6.07, 6.45) is 2.24. The molecular formula is C10H17N3. The first-order valence-corrected chi connectivity index (χ1v) is 4.73. The molecule has 0 aromatic rings. The van der Waals surface area contributed by atoms with Gasteiger partial charge in [0.15, 0.2) is 5.54 Å². The van der Waals surface area contributed by atoms with Crippen molar-refractivity contribution < 1.29 is 0 Å². The van der Waals surface area contributed by atoms with Gasteiger partial charge in [0.05, 0.1) is 11.6 Å². The summed E-state index contributed by atoms with van der Waals surface area (Å²) in [5.41, 5.74) is -0.750. The van der Waals surface area contributed by atoms with Crippen molar-refractivity contribution in [2.45, 2.75) is 51.6 Å². The van der Waals surface area contributed by atoms with Crippen molar-refractivity contribution in [2.75, 3.05) is 0 Å². The number of nitriles is 1. The third kappa shape index (κ3) is 2.80. The van der Waals surface area contributed by atoms with Crippen LogP contribution in [-0.2, 0) is 0 Å². The Balaban J connectivity index is 2.69. The Hall–Kier alpha value is -0.910. The quantitative estimate of drug-likeness (QED) is 0.601. The molecule has 1 saturated carbocycles. The average Bonchev–Trinajstić information content (AvgIpc) is 2.81. The minimum atomic E-state index is -0.576. The molecule has 3 heteroatoms. The second kappa shape index (κ2) is 3.10. The Kier molecular flexibility index (Phi) is 2.42. The van der Waals surface area contributed by atoms with Crippen molar-refractivity contribution in [3.63, 3.8) is 0 Å². The van der Waals surface area contributed by atoms with Crippen molar-refractivity contribution >= 4 is 0 Å². The van der Waals surface area contributed by atoms with Crippen LogP contribution < -0.4 is 0 Å². The van der Waals surface area contributed by atoms with Gasteiger partial charge in [-0.05, 0) is 46.5 Å². The number of hydrogen-bond acceptors (Lipinski definition) is 3. The van der Waals surface area contributed by atoms with Crippen LogP contribution in [0.5, 0.6) is 0 Å². The first-order valence-electron chi connectivity index (χ1n) is 4.73. The van der Waals surface area contributed by atoms with E-state index in [0.717, 1.165) is 12.8 Å². The van der Waals surface area contributed by atoms with E-state index in [0.29, 0.717) is 5.92 Å². The summed E-state index contributed by atoms with van der Waals surface area (Å²) in [5.74, 6) is 0.434. The monoisotopic (exact) mass is 179 g/mol. The molecule has 1 unspecified atom stereocenters. The van der Waals surface area contributed by atoms with E-state index in [1.165, 1.54) is 0 Å². The largest absolute Gasteiger partial charge is 0.196 e. The van der Waals surface area contributed by atoms with Crippen molar-refractivity contribution in [1.29, 1.82) is 5.26 Å². The van der Waals surface area contributed by atoms with Gasteiger partial charge in [0.2, 0.25) is 0 Å². The van der Waals surface area contributed by atoms with Crippen LogP contribution in [0.2, 0.25) is 0 Å². The van der Waals surface area contributed by atoms with E-state index in [4.69, 9.17) is 5.26 Å². The molecule has 0 aromatic heterocycles. The second-order valence-corrected chi connectivity index (χ2v) is 4.90. The molecule has 13 heavy (non-hydrogen) atoms. The zero-order valence-electron chi connectivity index (χ0n) is 8.83. The minimum Gasteiger partial charge on any atom is -0.196 e. The highest BCUT2D eigenvalue weighted by atomic mass is 15.2. The predicted octanol–water partition coefficient (Wildman–Crippen LogP) is 2.93. The highest BCUT2D eigenvalue weighted by Crippen LogP contribution is 2.42. The fourth-order valence-electron chi connectivity index (χ4n) is 1.09. The number of rotatable bonds is 2. The summed E-state index contributed by atoms with van der Waals surface area (Å²) in [5, 5.41) is 17.3. The first-order chi connectivity index (χ1) is 5.87. The third-order valence-corrected chi connectivity index (χ3v) is 2.16. The Bertz CT molecular complexity index is 252. The van der Waals surface area contributed by atoms with Crippen LogP contribution in [0.3, 0.4) is 0 Å². The number of azo groups is 1. The van der Waals surface area contributed by atoms with Crippen LogP contribution in [0.15, 0.2) is 10.2 Å². The predicted molar refractivity (Wildman–Crippen MR) is 51.4 cm³/mol. The number of hydrogen-bond donors (Lipinski definition) is 0. The molecule has 1 atom stereocenters. The lowest BCUT2D eigenvalue weighted by molar-refractivity contribution is 0.444. The molecule has 1 fully saturated rings. The van der Waals surface area contributed by atoms with Crippen molar-refractivity contribution in [1.82, 2.24) is 0 Å². The zero-order chi connectivity index (χ0) is 10.1.